The Morgan fingerprint density at radius 1 is 1.41 bits per heavy atom. The zero-order valence-electron chi connectivity index (χ0n) is 9.12. The second kappa shape index (κ2) is 5.58. The van der Waals surface area contributed by atoms with Crippen molar-refractivity contribution in [3.05, 3.63) is 34.6 Å². The molecule has 17 heavy (non-hydrogen) atoms. The van der Waals surface area contributed by atoms with E-state index in [1.807, 2.05) is 0 Å². The van der Waals surface area contributed by atoms with Crippen LogP contribution in [0.3, 0.4) is 0 Å². The lowest BCUT2D eigenvalue weighted by atomic mass is 10.1. The molecule has 0 N–H and O–H groups in total. The van der Waals surface area contributed by atoms with Crippen LogP contribution >= 0.6 is 11.6 Å². The molecule has 0 saturated carbocycles. The maximum Gasteiger partial charge on any atom is 0.164 e. The number of rotatable bonds is 4. The topological polar surface area (TPSA) is 35.5 Å². The fourth-order valence-corrected chi connectivity index (χ4v) is 1.91. The van der Waals surface area contributed by atoms with Gasteiger partial charge in [-0.2, -0.15) is 0 Å². The Labute approximate surface area is 103 Å². The van der Waals surface area contributed by atoms with Gasteiger partial charge in [0.05, 0.1) is 19.6 Å². The molecule has 1 fully saturated rings. The third kappa shape index (κ3) is 3.25. The Morgan fingerprint density at radius 3 is 2.76 bits per heavy atom. The van der Waals surface area contributed by atoms with Crippen LogP contribution in [0, 0.1) is 5.82 Å². The van der Waals surface area contributed by atoms with Crippen LogP contribution in [0.4, 0.5) is 4.39 Å². The first-order valence-electron chi connectivity index (χ1n) is 5.34. The number of carbonyl (C=O) groups is 1. The highest BCUT2D eigenvalue weighted by Gasteiger charge is 2.21. The summed E-state index contributed by atoms with van der Waals surface area (Å²) in [4.78, 5) is 11.7. The summed E-state index contributed by atoms with van der Waals surface area (Å²) in [6.45, 7) is 0.997. The summed E-state index contributed by atoms with van der Waals surface area (Å²) >= 11 is 5.84. The molecular formula is C12H12ClFO3. The maximum absolute atomic E-state index is 13.4. The Morgan fingerprint density at radius 2 is 2.12 bits per heavy atom. The first-order chi connectivity index (χ1) is 8.16. The molecule has 0 atom stereocenters. The minimum Gasteiger partial charge on any atom is -0.350 e. The lowest BCUT2D eigenvalue weighted by Crippen LogP contribution is -2.16. The number of ether oxygens (including phenoxy) is 2. The predicted octanol–water partition coefficient (Wildman–Crippen LogP) is 2.35. The van der Waals surface area contributed by atoms with Crippen LogP contribution in [-0.2, 0) is 20.7 Å². The van der Waals surface area contributed by atoms with Crippen LogP contribution in [0.2, 0.25) is 5.02 Å². The molecule has 2 rings (SSSR count). The molecule has 0 aliphatic carbocycles. The molecule has 0 amide bonds. The quantitative estimate of drug-likeness (QED) is 0.832. The smallest absolute Gasteiger partial charge is 0.164 e. The van der Waals surface area contributed by atoms with E-state index in [0.717, 1.165) is 0 Å². The molecule has 1 aromatic rings. The first kappa shape index (κ1) is 12.5. The van der Waals surface area contributed by atoms with Crippen molar-refractivity contribution in [1.82, 2.24) is 0 Å². The second-order valence-corrected chi connectivity index (χ2v) is 4.20. The van der Waals surface area contributed by atoms with Gasteiger partial charge in [0.15, 0.2) is 6.29 Å². The molecule has 1 aliphatic rings. The molecule has 1 heterocycles. The minimum absolute atomic E-state index is 0.0330. The van der Waals surface area contributed by atoms with E-state index in [9.17, 15) is 9.18 Å². The number of hydrogen-bond acceptors (Lipinski definition) is 3. The van der Waals surface area contributed by atoms with Gasteiger partial charge in [-0.1, -0.05) is 17.7 Å². The maximum atomic E-state index is 13.4. The Bertz CT molecular complexity index is 396. The molecule has 92 valence electrons. The lowest BCUT2D eigenvalue weighted by molar-refractivity contribution is -0.126. The summed E-state index contributed by atoms with van der Waals surface area (Å²) in [7, 11) is 0. The highest BCUT2D eigenvalue weighted by atomic mass is 35.5. The molecule has 0 aromatic heterocycles. The molecule has 0 radical (unpaired) electrons. The van der Waals surface area contributed by atoms with Gasteiger partial charge in [-0.05, 0) is 12.1 Å². The summed E-state index contributed by atoms with van der Waals surface area (Å²) in [6, 6.07) is 4.36. The third-order valence-electron chi connectivity index (χ3n) is 2.52. The van der Waals surface area contributed by atoms with Crippen molar-refractivity contribution >= 4 is 17.4 Å². The van der Waals surface area contributed by atoms with Gasteiger partial charge in [0.1, 0.15) is 11.6 Å². The van der Waals surface area contributed by atoms with E-state index in [0.29, 0.717) is 13.2 Å². The normalized spacial score (nSPS) is 16.4. The summed E-state index contributed by atoms with van der Waals surface area (Å²) in [5.41, 5.74) is 0.233. The molecule has 0 unspecified atom stereocenters. The van der Waals surface area contributed by atoms with Crippen molar-refractivity contribution in [3.8, 4) is 0 Å². The van der Waals surface area contributed by atoms with Crippen LogP contribution in [0.5, 0.6) is 0 Å². The first-order valence-corrected chi connectivity index (χ1v) is 5.72. The van der Waals surface area contributed by atoms with Crippen molar-refractivity contribution in [3.63, 3.8) is 0 Å². The Kier molecular flexibility index (Phi) is 4.10. The van der Waals surface area contributed by atoms with Crippen LogP contribution in [0.25, 0.3) is 0 Å². The number of ketones is 1. The van der Waals surface area contributed by atoms with E-state index in [4.69, 9.17) is 21.1 Å². The number of carbonyl (C=O) groups excluding carboxylic acids is 1. The molecular weight excluding hydrogens is 247 g/mol. The van der Waals surface area contributed by atoms with Crippen molar-refractivity contribution in [1.29, 1.82) is 0 Å². The Balaban J connectivity index is 1.97. The summed E-state index contributed by atoms with van der Waals surface area (Å²) in [5.74, 6) is -0.608. The van der Waals surface area contributed by atoms with Gasteiger partial charge in [0, 0.05) is 17.0 Å². The molecule has 1 aromatic carbocycles. The fourth-order valence-electron chi connectivity index (χ4n) is 1.68. The van der Waals surface area contributed by atoms with Gasteiger partial charge >= 0.3 is 0 Å². The number of Topliss-reactive ketones (excluding diaryl/α,β-unsaturated/α-hetero) is 1. The lowest BCUT2D eigenvalue weighted by Gasteiger charge is -2.09. The van der Waals surface area contributed by atoms with E-state index in [1.165, 1.54) is 12.1 Å². The molecule has 0 spiro atoms. The number of benzene rings is 1. The van der Waals surface area contributed by atoms with Crippen molar-refractivity contribution in [2.75, 3.05) is 13.2 Å². The minimum atomic E-state index is -0.493. The highest BCUT2D eigenvalue weighted by molar-refractivity contribution is 6.31. The van der Waals surface area contributed by atoms with Gasteiger partial charge in [0.2, 0.25) is 0 Å². The standard InChI is InChI=1S/C12H12ClFO3/c13-10-2-1-3-11(14)9(10)6-8(15)7-12-16-4-5-17-12/h1-3,12H,4-7H2. The monoisotopic (exact) mass is 258 g/mol. The zero-order valence-corrected chi connectivity index (χ0v) is 9.87. The summed E-state index contributed by atoms with van der Waals surface area (Å²) in [5, 5.41) is 0.270. The largest absolute Gasteiger partial charge is 0.350 e. The zero-order chi connectivity index (χ0) is 12.3. The van der Waals surface area contributed by atoms with E-state index < -0.39 is 12.1 Å². The number of hydrogen-bond donors (Lipinski definition) is 0. The number of halogens is 2. The van der Waals surface area contributed by atoms with E-state index in [-0.39, 0.29) is 29.2 Å². The summed E-state index contributed by atoms with van der Waals surface area (Å²) < 4.78 is 23.7. The summed E-state index contributed by atoms with van der Waals surface area (Å²) in [6.07, 6.45) is -0.396. The van der Waals surface area contributed by atoms with Crippen molar-refractivity contribution < 1.29 is 18.7 Å². The predicted molar refractivity (Wildman–Crippen MR) is 60.4 cm³/mol. The molecule has 3 nitrogen and oxygen atoms in total. The van der Waals surface area contributed by atoms with E-state index in [2.05, 4.69) is 0 Å². The molecule has 1 saturated heterocycles. The van der Waals surface area contributed by atoms with Gasteiger partial charge in [-0.3, -0.25) is 4.79 Å². The van der Waals surface area contributed by atoms with Crippen LogP contribution in [0.1, 0.15) is 12.0 Å². The van der Waals surface area contributed by atoms with Crippen LogP contribution < -0.4 is 0 Å². The average Bonchev–Trinajstić information content (AvgIpc) is 2.76. The van der Waals surface area contributed by atoms with Gasteiger partial charge in [0.25, 0.3) is 0 Å². The molecule has 5 heteroatoms. The van der Waals surface area contributed by atoms with Crippen molar-refractivity contribution in [2.24, 2.45) is 0 Å². The second-order valence-electron chi connectivity index (χ2n) is 3.79. The third-order valence-corrected chi connectivity index (χ3v) is 2.87. The van der Waals surface area contributed by atoms with Gasteiger partial charge in [-0.15, -0.1) is 0 Å². The molecule has 0 bridgehead atoms. The Hall–Kier alpha value is -0.970. The van der Waals surface area contributed by atoms with Crippen LogP contribution in [0.15, 0.2) is 18.2 Å². The SMILES string of the molecule is O=C(Cc1c(F)cccc1Cl)CC1OCCO1. The fraction of sp³-hybridized carbons (Fsp3) is 0.417. The highest BCUT2D eigenvalue weighted by Crippen LogP contribution is 2.20. The van der Waals surface area contributed by atoms with Crippen molar-refractivity contribution in [2.45, 2.75) is 19.1 Å². The van der Waals surface area contributed by atoms with Crippen LogP contribution in [-0.4, -0.2) is 25.3 Å². The van der Waals surface area contributed by atoms with Gasteiger partial charge < -0.3 is 9.47 Å². The van der Waals surface area contributed by atoms with E-state index in [1.54, 1.807) is 6.07 Å². The molecule has 1 aliphatic heterocycles. The average molecular weight is 259 g/mol. The van der Waals surface area contributed by atoms with Gasteiger partial charge in [-0.25, -0.2) is 4.39 Å². The van der Waals surface area contributed by atoms with E-state index >= 15 is 0 Å².